The van der Waals surface area contributed by atoms with Crippen LogP contribution in [0.3, 0.4) is 0 Å². The Balaban J connectivity index is 2.20. The van der Waals surface area contributed by atoms with Gasteiger partial charge >= 0.3 is 0 Å². The van der Waals surface area contributed by atoms with E-state index >= 15 is 0 Å². The van der Waals surface area contributed by atoms with Crippen molar-refractivity contribution in [1.29, 1.82) is 0 Å². The molecule has 2 aromatic rings. The quantitative estimate of drug-likeness (QED) is 0.902. The van der Waals surface area contributed by atoms with E-state index in [2.05, 4.69) is 21.2 Å². The Morgan fingerprint density at radius 2 is 1.78 bits per heavy atom. The van der Waals surface area contributed by atoms with Crippen molar-refractivity contribution in [3.05, 3.63) is 64.4 Å². The summed E-state index contributed by atoms with van der Waals surface area (Å²) < 4.78 is 13.8. The minimum atomic E-state index is -0.281. The van der Waals surface area contributed by atoms with Gasteiger partial charge < -0.3 is 10.4 Å². The highest BCUT2D eigenvalue weighted by Gasteiger charge is 2.11. The summed E-state index contributed by atoms with van der Waals surface area (Å²) in [4.78, 5) is 0. The molecule has 0 heterocycles. The van der Waals surface area contributed by atoms with Gasteiger partial charge in [-0.05, 0) is 45.8 Å². The molecule has 0 fully saturated rings. The highest BCUT2D eigenvalue weighted by Crippen LogP contribution is 2.26. The van der Waals surface area contributed by atoms with E-state index < -0.39 is 0 Å². The van der Waals surface area contributed by atoms with Crippen LogP contribution in [-0.4, -0.2) is 11.7 Å². The first kappa shape index (κ1) is 13.1. The maximum absolute atomic E-state index is 12.9. The summed E-state index contributed by atoms with van der Waals surface area (Å²) in [6.07, 6.45) is 0. The van der Waals surface area contributed by atoms with Gasteiger partial charge in [-0.25, -0.2) is 4.39 Å². The molecule has 0 amide bonds. The topological polar surface area (TPSA) is 32.3 Å². The summed E-state index contributed by atoms with van der Waals surface area (Å²) in [5.41, 5.74) is 1.73. The average Bonchev–Trinajstić information content (AvgIpc) is 2.39. The summed E-state index contributed by atoms with van der Waals surface area (Å²) in [7, 11) is 0. The third-order valence-electron chi connectivity index (χ3n) is 2.66. The van der Waals surface area contributed by atoms with E-state index in [1.165, 1.54) is 12.1 Å². The van der Waals surface area contributed by atoms with Crippen molar-refractivity contribution < 1.29 is 9.50 Å². The van der Waals surface area contributed by atoms with Gasteiger partial charge in [0.15, 0.2) is 0 Å². The molecule has 2 rings (SSSR count). The molecule has 2 aromatic carbocycles. The van der Waals surface area contributed by atoms with Crippen molar-refractivity contribution in [3.63, 3.8) is 0 Å². The van der Waals surface area contributed by atoms with E-state index in [0.29, 0.717) is 0 Å². The Morgan fingerprint density at radius 3 is 2.39 bits per heavy atom. The van der Waals surface area contributed by atoms with Crippen molar-refractivity contribution in [2.45, 2.75) is 6.04 Å². The summed E-state index contributed by atoms with van der Waals surface area (Å²) in [5, 5.41) is 12.6. The van der Waals surface area contributed by atoms with E-state index in [4.69, 9.17) is 0 Å². The van der Waals surface area contributed by atoms with Gasteiger partial charge in [-0.2, -0.15) is 0 Å². The lowest BCUT2D eigenvalue weighted by molar-refractivity contribution is 0.276. The van der Waals surface area contributed by atoms with Crippen LogP contribution >= 0.6 is 15.9 Å². The lowest BCUT2D eigenvalue weighted by Crippen LogP contribution is -2.15. The predicted molar refractivity (Wildman–Crippen MR) is 74.0 cm³/mol. The number of aliphatic hydroxyl groups is 1. The number of rotatable bonds is 4. The summed E-state index contributed by atoms with van der Waals surface area (Å²) >= 11 is 3.43. The van der Waals surface area contributed by atoms with Crippen molar-refractivity contribution in [2.75, 3.05) is 11.9 Å². The van der Waals surface area contributed by atoms with Crippen LogP contribution in [0.25, 0.3) is 0 Å². The molecule has 94 valence electrons. The smallest absolute Gasteiger partial charge is 0.123 e. The fourth-order valence-corrected chi connectivity index (χ4v) is 2.09. The van der Waals surface area contributed by atoms with Gasteiger partial charge in [0.1, 0.15) is 5.82 Å². The maximum atomic E-state index is 12.9. The number of benzene rings is 2. The van der Waals surface area contributed by atoms with Crippen molar-refractivity contribution in [2.24, 2.45) is 0 Å². The minimum absolute atomic E-state index is 0.0625. The van der Waals surface area contributed by atoms with Crippen LogP contribution in [0.15, 0.2) is 53.0 Å². The Hall–Kier alpha value is -1.39. The summed E-state index contributed by atoms with van der Waals surface area (Å²) in [6, 6.07) is 13.5. The Morgan fingerprint density at radius 1 is 1.11 bits per heavy atom. The van der Waals surface area contributed by atoms with Gasteiger partial charge in [-0.3, -0.25) is 0 Å². The van der Waals surface area contributed by atoms with Crippen LogP contribution in [-0.2, 0) is 0 Å². The van der Waals surface area contributed by atoms with E-state index in [9.17, 15) is 9.50 Å². The fraction of sp³-hybridized carbons (Fsp3) is 0.143. The minimum Gasteiger partial charge on any atom is -0.394 e. The highest BCUT2D eigenvalue weighted by atomic mass is 79.9. The largest absolute Gasteiger partial charge is 0.394 e. The van der Waals surface area contributed by atoms with E-state index in [-0.39, 0.29) is 18.5 Å². The second-order valence-corrected chi connectivity index (χ2v) is 4.77. The standard InChI is InChI=1S/C14H13BrFNO/c15-12-3-1-2-4-13(12)17-14(9-18)10-5-7-11(16)8-6-10/h1-8,14,17-18H,9H2. The monoisotopic (exact) mass is 309 g/mol. The van der Waals surface area contributed by atoms with Gasteiger partial charge in [-0.1, -0.05) is 24.3 Å². The highest BCUT2D eigenvalue weighted by molar-refractivity contribution is 9.10. The third kappa shape index (κ3) is 3.09. The molecular weight excluding hydrogens is 297 g/mol. The van der Waals surface area contributed by atoms with E-state index in [1.807, 2.05) is 24.3 Å². The molecule has 1 atom stereocenters. The molecule has 0 bridgehead atoms. The van der Waals surface area contributed by atoms with Gasteiger partial charge in [-0.15, -0.1) is 0 Å². The zero-order chi connectivity index (χ0) is 13.0. The average molecular weight is 310 g/mol. The molecule has 1 unspecified atom stereocenters. The number of hydrogen-bond acceptors (Lipinski definition) is 2. The molecule has 0 saturated heterocycles. The van der Waals surface area contributed by atoms with Gasteiger partial charge in [0, 0.05) is 10.2 Å². The van der Waals surface area contributed by atoms with Crippen molar-refractivity contribution in [3.8, 4) is 0 Å². The number of halogens is 2. The lowest BCUT2D eigenvalue weighted by atomic mass is 10.1. The first-order chi connectivity index (χ1) is 8.70. The van der Waals surface area contributed by atoms with Crippen LogP contribution in [0.4, 0.5) is 10.1 Å². The molecule has 0 radical (unpaired) electrons. The SMILES string of the molecule is OCC(Nc1ccccc1Br)c1ccc(F)cc1. The van der Waals surface area contributed by atoms with Crippen LogP contribution in [0, 0.1) is 5.82 Å². The second-order valence-electron chi connectivity index (χ2n) is 3.91. The van der Waals surface area contributed by atoms with Gasteiger partial charge in [0.05, 0.1) is 12.6 Å². The summed E-state index contributed by atoms with van der Waals surface area (Å²) in [5.74, 6) is -0.281. The molecule has 0 aliphatic rings. The molecule has 4 heteroatoms. The lowest BCUT2D eigenvalue weighted by Gasteiger charge is -2.19. The number of anilines is 1. The number of nitrogens with one attached hydrogen (secondary N) is 1. The summed E-state index contributed by atoms with van der Waals surface area (Å²) in [6.45, 7) is -0.0625. The molecule has 0 saturated carbocycles. The van der Waals surface area contributed by atoms with Crippen LogP contribution < -0.4 is 5.32 Å². The van der Waals surface area contributed by atoms with Crippen LogP contribution in [0.5, 0.6) is 0 Å². The maximum Gasteiger partial charge on any atom is 0.123 e. The van der Waals surface area contributed by atoms with Gasteiger partial charge in [0.25, 0.3) is 0 Å². The Labute approximate surface area is 114 Å². The zero-order valence-corrected chi connectivity index (χ0v) is 11.2. The van der Waals surface area contributed by atoms with Crippen molar-refractivity contribution >= 4 is 21.6 Å². The zero-order valence-electron chi connectivity index (χ0n) is 9.61. The fourth-order valence-electron chi connectivity index (χ4n) is 1.70. The Bertz CT molecular complexity index is 515. The Kier molecular flexibility index (Phi) is 4.33. The molecule has 0 spiro atoms. The molecule has 0 aliphatic carbocycles. The molecule has 2 nitrogen and oxygen atoms in total. The molecule has 18 heavy (non-hydrogen) atoms. The van der Waals surface area contributed by atoms with E-state index in [1.54, 1.807) is 12.1 Å². The van der Waals surface area contributed by atoms with Gasteiger partial charge in [0.2, 0.25) is 0 Å². The van der Waals surface area contributed by atoms with Crippen LogP contribution in [0.2, 0.25) is 0 Å². The molecule has 0 aromatic heterocycles. The molecule has 2 N–H and O–H groups in total. The number of hydrogen-bond donors (Lipinski definition) is 2. The molecule has 0 aliphatic heterocycles. The van der Waals surface area contributed by atoms with Crippen LogP contribution in [0.1, 0.15) is 11.6 Å². The van der Waals surface area contributed by atoms with Crippen molar-refractivity contribution in [1.82, 2.24) is 0 Å². The third-order valence-corrected chi connectivity index (χ3v) is 3.35. The first-order valence-corrected chi connectivity index (χ1v) is 6.37. The normalized spacial score (nSPS) is 12.2. The number of para-hydroxylation sites is 1. The van der Waals surface area contributed by atoms with E-state index in [0.717, 1.165) is 15.7 Å². The number of aliphatic hydroxyl groups excluding tert-OH is 1. The molecular formula is C14H13BrFNO. The first-order valence-electron chi connectivity index (χ1n) is 5.58. The second kappa shape index (κ2) is 5.98. The predicted octanol–water partition coefficient (Wildman–Crippen LogP) is 3.73.